The van der Waals surface area contributed by atoms with E-state index in [1.165, 1.54) is 13.2 Å². The summed E-state index contributed by atoms with van der Waals surface area (Å²) in [5.74, 6) is -0.220. The molecule has 0 aliphatic carbocycles. The van der Waals surface area contributed by atoms with Crippen LogP contribution in [0.4, 0.5) is 24.7 Å². The number of halogens is 3. The smallest absolute Gasteiger partial charge is 0.417 e. The van der Waals surface area contributed by atoms with E-state index in [-0.39, 0.29) is 12.5 Å². The maximum Gasteiger partial charge on any atom is 0.417 e. The number of aromatic nitrogens is 1. The first-order valence-electron chi connectivity index (χ1n) is 9.67. The van der Waals surface area contributed by atoms with Crippen molar-refractivity contribution in [2.45, 2.75) is 13.1 Å². The number of hydrogen-bond donors (Lipinski definition) is 1. The van der Waals surface area contributed by atoms with Crippen LogP contribution in [0.1, 0.15) is 21.5 Å². The van der Waals surface area contributed by atoms with E-state index in [4.69, 9.17) is 4.74 Å². The van der Waals surface area contributed by atoms with Crippen molar-refractivity contribution in [1.82, 2.24) is 9.88 Å². The van der Waals surface area contributed by atoms with Gasteiger partial charge >= 0.3 is 12.1 Å². The van der Waals surface area contributed by atoms with Gasteiger partial charge in [-0.15, -0.1) is 0 Å². The SMILES string of the molecule is COC(=O)c1ccc(C)c(NC(=O)CN2CCN(c3ccc(C(F)(F)F)cn3)CC2)c1. The molecular weight excluding hydrogens is 413 g/mol. The normalized spacial score (nSPS) is 14.9. The van der Waals surface area contributed by atoms with Gasteiger partial charge in [0.1, 0.15) is 5.82 Å². The van der Waals surface area contributed by atoms with E-state index in [1.807, 2.05) is 16.7 Å². The van der Waals surface area contributed by atoms with Gasteiger partial charge in [-0.1, -0.05) is 6.07 Å². The average Bonchev–Trinajstić information content (AvgIpc) is 2.74. The third-order valence-corrected chi connectivity index (χ3v) is 5.07. The molecule has 0 spiro atoms. The van der Waals surface area contributed by atoms with Crippen LogP contribution in [0.2, 0.25) is 0 Å². The number of carbonyl (C=O) groups is 2. The van der Waals surface area contributed by atoms with Gasteiger partial charge in [0.15, 0.2) is 0 Å². The Morgan fingerprint density at radius 2 is 1.84 bits per heavy atom. The Kier molecular flexibility index (Phi) is 6.79. The number of methoxy groups -OCH3 is 1. The molecule has 2 aromatic rings. The zero-order valence-electron chi connectivity index (χ0n) is 17.2. The molecule has 10 heteroatoms. The number of amides is 1. The molecule has 31 heavy (non-hydrogen) atoms. The van der Waals surface area contributed by atoms with Crippen molar-refractivity contribution in [3.8, 4) is 0 Å². The quantitative estimate of drug-likeness (QED) is 0.727. The van der Waals surface area contributed by atoms with Gasteiger partial charge in [-0.05, 0) is 36.8 Å². The molecule has 2 heterocycles. The number of piperazine rings is 1. The monoisotopic (exact) mass is 436 g/mol. The van der Waals surface area contributed by atoms with E-state index >= 15 is 0 Å². The number of carbonyl (C=O) groups excluding carboxylic acids is 2. The number of rotatable bonds is 5. The Morgan fingerprint density at radius 3 is 2.42 bits per heavy atom. The lowest BCUT2D eigenvalue weighted by Crippen LogP contribution is -2.49. The number of hydrogen-bond acceptors (Lipinski definition) is 6. The standard InChI is InChI=1S/C21H23F3N4O3/c1-14-3-4-15(20(30)31-2)11-17(14)26-19(29)13-27-7-9-28(10-8-27)18-6-5-16(12-25-18)21(22,23)24/h3-6,11-12H,7-10,13H2,1-2H3,(H,26,29). The molecule has 0 unspecified atom stereocenters. The number of ether oxygens (including phenoxy) is 1. The highest BCUT2D eigenvalue weighted by Crippen LogP contribution is 2.29. The third-order valence-electron chi connectivity index (χ3n) is 5.07. The van der Waals surface area contributed by atoms with E-state index < -0.39 is 17.7 Å². The maximum atomic E-state index is 12.7. The van der Waals surface area contributed by atoms with Crippen LogP contribution in [0.15, 0.2) is 36.5 Å². The highest BCUT2D eigenvalue weighted by atomic mass is 19.4. The van der Waals surface area contributed by atoms with E-state index in [9.17, 15) is 22.8 Å². The van der Waals surface area contributed by atoms with E-state index in [0.29, 0.717) is 43.2 Å². The molecule has 1 fully saturated rings. The predicted octanol–water partition coefficient (Wildman–Crippen LogP) is 2.96. The van der Waals surface area contributed by atoms with Gasteiger partial charge in [0.25, 0.3) is 0 Å². The molecule has 166 valence electrons. The Hall–Kier alpha value is -3.14. The van der Waals surface area contributed by atoms with Gasteiger partial charge in [-0.25, -0.2) is 9.78 Å². The summed E-state index contributed by atoms with van der Waals surface area (Å²) < 4.78 is 42.7. The van der Waals surface area contributed by atoms with Gasteiger partial charge in [-0.3, -0.25) is 9.69 Å². The number of nitrogens with one attached hydrogen (secondary N) is 1. The second kappa shape index (κ2) is 9.34. The first kappa shape index (κ1) is 22.5. The Morgan fingerprint density at radius 1 is 1.13 bits per heavy atom. The highest BCUT2D eigenvalue weighted by Gasteiger charge is 2.31. The van der Waals surface area contributed by atoms with Crippen molar-refractivity contribution >= 4 is 23.4 Å². The minimum absolute atomic E-state index is 0.163. The molecule has 0 bridgehead atoms. The molecule has 7 nitrogen and oxygen atoms in total. The lowest BCUT2D eigenvalue weighted by atomic mass is 10.1. The van der Waals surface area contributed by atoms with Crippen LogP contribution in [0, 0.1) is 6.92 Å². The zero-order valence-corrected chi connectivity index (χ0v) is 17.2. The first-order valence-corrected chi connectivity index (χ1v) is 9.67. The van der Waals surface area contributed by atoms with Crippen LogP contribution in [0.25, 0.3) is 0 Å². The summed E-state index contributed by atoms with van der Waals surface area (Å²) in [5.41, 5.74) is 0.930. The Bertz CT molecular complexity index is 940. The molecule has 0 saturated carbocycles. The fourth-order valence-electron chi connectivity index (χ4n) is 3.27. The largest absolute Gasteiger partial charge is 0.465 e. The number of benzene rings is 1. The van der Waals surface area contributed by atoms with Crippen molar-refractivity contribution in [1.29, 1.82) is 0 Å². The van der Waals surface area contributed by atoms with Crippen LogP contribution >= 0.6 is 0 Å². The summed E-state index contributed by atoms with van der Waals surface area (Å²) in [7, 11) is 1.29. The fraction of sp³-hybridized carbons (Fsp3) is 0.381. The summed E-state index contributed by atoms with van der Waals surface area (Å²) in [6, 6.07) is 7.32. The molecule has 1 aromatic heterocycles. The topological polar surface area (TPSA) is 74.8 Å². The van der Waals surface area contributed by atoms with Crippen molar-refractivity contribution in [3.63, 3.8) is 0 Å². The molecule has 3 rings (SSSR count). The summed E-state index contributed by atoms with van der Waals surface area (Å²) in [6.45, 7) is 4.21. The molecule has 1 N–H and O–H groups in total. The Labute approximate surface area is 177 Å². The van der Waals surface area contributed by atoms with Crippen LogP contribution < -0.4 is 10.2 Å². The second-order valence-electron chi connectivity index (χ2n) is 7.24. The second-order valence-corrected chi connectivity index (χ2v) is 7.24. The lowest BCUT2D eigenvalue weighted by Gasteiger charge is -2.35. The van der Waals surface area contributed by atoms with Gasteiger partial charge in [0.05, 0.1) is 24.8 Å². The first-order chi connectivity index (χ1) is 14.7. The number of anilines is 2. The van der Waals surface area contributed by atoms with Crippen LogP contribution in [-0.2, 0) is 15.7 Å². The molecule has 0 radical (unpaired) electrons. The van der Waals surface area contributed by atoms with Crippen LogP contribution in [0.3, 0.4) is 0 Å². The summed E-state index contributed by atoms with van der Waals surface area (Å²) in [6.07, 6.45) is -3.58. The summed E-state index contributed by atoms with van der Waals surface area (Å²) >= 11 is 0. The summed E-state index contributed by atoms with van der Waals surface area (Å²) in [4.78, 5) is 31.9. The Balaban J connectivity index is 1.53. The van der Waals surface area contributed by atoms with Gasteiger partial charge in [0, 0.05) is 38.1 Å². The van der Waals surface area contributed by atoms with Gasteiger partial charge in [-0.2, -0.15) is 13.2 Å². The number of esters is 1. The third kappa shape index (κ3) is 5.72. The fourth-order valence-corrected chi connectivity index (χ4v) is 3.27. The molecule has 1 aliphatic heterocycles. The molecule has 1 amide bonds. The predicted molar refractivity (Wildman–Crippen MR) is 109 cm³/mol. The van der Waals surface area contributed by atoms with Crippen molar-refractivity contribution < 1.29 is 27.5 Å². The molecular formula is C21H23F3N4O3. The molecule has 1 aromatic carbocycles. The van der Waals surface area contributed by atoms with Crippen LogP contribution in [0.5, 0.6) is 0 Å². The minimum Gasteiger partial charge on any atom is -0.465 e. The zero-order chi connectivity index (χ0) is 22.6. The van der Waals surface area contributed by atoms with Crippen molar-refractivity contribution in [2.75, 3.05) is 50.1 Å². The highest BCUT2D eigenvalue weighted by molar-refractivity contribution is 5.96. The lowest BCUT2D eigenvalue weighted by molar-refractivity contribution is -0.137. The number of aryl methyl sites for hydroxylation is 1. The van der Waals surface area contributed by atoms with E-state index in [0.717, 1.165) is 17.8 Å². The van der Waals surface area contributed by atoms with Gasteiger partial charge in [0.2, 0.25) is 5.91 Å². The van der Waals surface area contributed by atoms with Crippen molar-refractivity contribution in [3.05, 3.63) is 53.2 Å². The maximum absolute atomic E-state index is 12.7. The summed E-state index contributed by atoms with van der Waals surface area (Å²) in [5, 5.41) is 2.82. The van der Waals surface area contributed by atoms with Crippen molar-refractivity contribution in [2.24, 2.45) is 0 Å². The van der Waals surface area contributed by atoms with Gasteiger partial charge < -0.3 is 15.0 Å². The molecule has 0 atom stereocenters. The minimum atomic E-state index is -4.41. The molecule has 1 aliphatic rings. The van der Waals surface area contributed by atoms with E-state index in [2.05, 4.69) is 10.3 Å². The van der Waals surface area contributed by atoms with E-state index in [1.54, 1.807) is 18.2 Å². The molecule has 1 saturated heterocycles. The number of pyridine rings is 1. The number of alkyl halides is 3. The average molecular weight is 436 g/mol. The van der Waals surface area contributed by atoms with Crippen LogP contribution in [-0.4, -0.2) is 61.6 Å². The number of nitrogens with zero attached hydrogens (tertiary/aromatic N) is 3.